The van der Waals surface area contributed by atoms with E-state index in [2.05, 4.69) is 26.1 Å². The Kier molecular flexibility index (Phi) is 7.42. The predicted octanol–water partition coefficient (Wildman–Crippen LogP) is 4.70. The minimum Gasteiger partial charge on any atom is -0.478 e. The lowest BCUT2D eigenvalue weighted by molar-refractivity contribution is -0.207. The number of rotatable bonds is 6. The summed E-state index contributed by atoms with van der Waals surface area (Å²) in [4.78, 5) is 24.2. The van der Waals surface area contributed by atoms with E-state index in [1.54, 1.807) is 18.2 Å². The average Bonchev–Trinajstić information content (AvgIpc) is 3.23. The smallest absolute Gasteiger partial charge is 0.337 e. The number of carbonyl (C=O) groups is 2. The van der Waals surface area contributed by atoms with Gasteiger partial charge in [0.2, 0.25) is 5.91 Å². The highest BCUT2D eigenvalue weighted by Crippen LogP contribution is 2.68. The van der Waals surface area contributed by atoms with Crippen LogP contribution in [0.3, 0.4) is 0 Å². The van der Waals surface area contributed by atoms with Crippen molar-refractivity contribution in [1.29, 1.82) is 0 Å². The molecule has 0 bridgehead atoms. The molecule has 38 heavy (non-hydrogen) atoms. The van der Waals surface area contributed by atoms with Crippen molar-refractivity contribution in [3.63, 3.8) is 0 Å². The number of carboxylic acid groups (broad SMARTS) is 1. The van der Waals surface area contributed by atoms with E-state index in [4.69, 9.17) is 0 Å². The summed E-state index contributed by atoms with van der Waals surface area (Å²) in [5.41, 5.74) is 0.145. The molecule has 11 atom stereocenters. The summed E-state index contributed by atoms with van der Waals surface area (Å²) in [7, 11) is 0. The molecule has 0 heterocycles. The van der Waals surface area contributed by atoms with E-state index in [1.165, 1.54) is 6.07 Å². The van der Waals surface area contributed by atoms with Crippen molar-refractivity contribution in [2.75, 3.05) is 5.32 Å². The van der Waals surface area contributed by atoms with Crippen LogP contribution in [0.2, 0.25) is 0 Å². The molecule has 1 aromatic carbocycles. The largest absolute Gasteiger partial charge is 0.478 e. The third-order valence-electron chi connectivity index (χ3n) is 11.8. The van der Waals surface area contributed by atoms with Crippen molar-refractivity contribution >= 4 is 17.6 Å². The second-order valence-electron chi connectivity index (χ2n) is 13.4. The summed E-state index contributed by atoms with van der Waals surface area (Å²) in [6, 6.07) is 6.44. The molecule has 7 nitrogen and oxygen atoms in total. The van der Waals surface area contributed by atoms with E-state index in [0.29, 0.717) is 30.9 Å². The summed E-state index contributed by atoms with van der Waals surface area (Å²) in [5.74, 6) is 0.200. The van der Waals surface area contributed by atoms with Crippen molar-refractivity contribution in [3.8, 4) is 0 Å². The summed E-state index contributed by atoms with van der Waals surface area (Å²) in [6.45, 7) is 6.74. The fraction of sp³-hybridized carbons (Fsp3) is 0.742. The van der Waals surface area contributed by atoms with Crippen molar-refractivity contribution in [1.82, 2.24) is 0 Å². The molecule has 0 aromatic heterocycles. The van der Waals surface area contributed by atoms with E-state index in [9.17, 15) is 30.0 Å². The Morgan fingerprint density at radius 2 is 1.76 bits per heavy atom. The fourth-order valence-electron chi connectivity index (χ4n) is 9.68. The van der Waals surface area contributed by atoms with Crippen molar-refractivity contribution in [3.05, 3.63) is 29.8 Å². The quantitative estimate of drug-likeness (QED) is 0.365. The van der Waals surface area contributed by atoms with Gasteiger partial charge in [-0.3, -0.25) is 4.79 Å². The Morgan fingerprint density at radius 3 is 2.50 bits per heavy atom. The maximum atomic E-state index is 12.8. The number of para-hydroxylation sites is 1. The van der Waals surface area contributed by atoms with Gasteiger partial charge in [-0.2, -0.15) is 0 Å². The van der Waals surface area contributed by atoms with Crippen LogP contribution in [0.15, 0.2) is 24.3 Å². The number of nitrogens with one attached hydrogen (secondary N) is 1. The second kappa shape index (κ2) is 10.2. The van der Waals surface area contributed by atoms with Crippen LogP contribution in [-0.2, 0) is 4.79 Å². The number of amides is 1. The topological polar surface area (TPSA) is 127 Å². The number of hydrogen-bond donors (Lipinski definition) is 5. The number of anilines is 1. The molecular formula is C31H45NO6. The van der Waals surface area contributed by atoms with Gasteiger partial charge in [0, 0.05) is 6.42 Å². The van der Waals surface area contributed by atoms with Gasteiger partial charge >= 0.3 is 5.97 Å². The molecule has 4 fully saturated rings. The molecule has 4 aliphatic carbocycles. The SMILES string of the molecule is CC(CCC(=O)Nc1ccccc1C(=O)O)[C@H]1CCC2C3C(C[C@H](O)[C@@]21C)[C@@]1(C)CC[C@@H](O)CC1C[C@H]3O. The Balaban J connectivity index is 1.27. The highest BCUT2D eigenvalue weighted by atomic mass is 16.4. The summed E-state index contributed by atoms with van der Waals surface area (Å²) < 4.78 is 0. The maximum absolute atomic E-state index is 12.8. The molecule has 7 heteroatoms. The van der Waals surface area contributed by atoms with Gasteiger partial charge in [0.05, 0.1) is 29.6 Å². The number of hydrogen-bond acceptors (Lipinski definition) is 5. The number of carboxylic acids is 1. The zero-order chi connectivity index (χ0) is 27.4. The van der Waals surface area contributed by atoms with Gasteiger partial charge in [-0.1, -0.05) is 32.9 Å². The van der Waals surface area contributed by atoms with Crippen LogP contribution in [0, 0.1) is 46.3 Å². The highest BCUT2D eigenvalue weighted by Gasteiger charge is 2.65. The van der Waals surface area contributed by atoms with Crippen LogP contribution in [0.25, 0.3) is 0 Å². The molecule has 5 N–H and O–H groups in total. The van der Waals surface area contributed by atoms with Gasteiger partial charge in [-0.05, 0) is 110 Å². The van der Waals surface area contributed by atoms with E-state index >= 15 is 0 Å². The van der Waals surface area contributed by atoms with E-state index < -0.39 is 18.2 Å². The third kappa shape index (κ3) is 4.48. The Morgan fingerprint density at radius 1 is 1.03 bits per heavy atom. The summed E-state index contributed by atoms with van der Waals surface area (Å²) in [6.07, 6.45) is 5.78. The minimum absolute atomic E-state index is 0.0550. The number of carbonyl (C=O) groups excluding carboxylic acids is 1. The molecule has 5 unspecified atom stereocenters. The van der Waals surface area contributed by atoms with Crippen LogP contribution in [0.4, 0.5) is 5.69 Å². The monoisotopic (exact) mass is 527 g/mol. The molecule has 1 amide bonds. The first-order valence-corrected chi connectivity index (χ1v) is 14.6. The maximum Gasteiger partial charge on any atom is 0.337 e. The van der Waals surface area contributed by atoms with Crippen molar-refractivity contribution in [2.24, 2.45) is 46.3 Å². The third-order valence-corrected chi connectivity index (χ3v) is 11.8. The van der Waals surface area contributed by atoms with Crippen molar-refractivity contribution < 1.29 is 30.0 Å². The Hall–Kier alpha value is -1.96. The Bertz CT molecular complexity index is 1060. The van der Waals surface area contributed by atoms with Gasteiger partial charge in [0.15, 0.2) is 0 Å². The van der Waals surface area contributed by atoms with E-state index in [0.717, 1.165) is 38.5 Å². The zero-order valence-electron chi connectivity index (χ0n) is 23.0. The van der Waals surface area contributed by atoms with Gasteiger partial charge in [-0.15, -0.1) is 0 Å². The predicted molar refractivity (Wildman–Crippen MR) is 144 cm³/mol. The number of benzene rings is 1. The first kappa shape index (κ1) is 27.6. The van der Waals surface area contributed by atoms with Gasteiger partial charge in [0.25, 0.3) is 0 Å². The fourth-order valence-corrected chi connectivity index (χ4v) is 9.68. The lowest BCUT2D eigenvalue weighted by atomic mass is 9.43. The normalized spacial score (nSPS) is 42.9. The average molecular weight is 528 g/mol. The highest BCUT2D eigenvalue weighted by molar-refractivity contribution is 6.00. The zero-order valence-corrected chi connectivity index (χ0v) is 23.0. The molecule has 4 saturated carbocycles. The van der Waals surface area contributed by atoms with Crippen LogP contribution < -0.4 is 5.32 Å². The lowest BCUT2D eigenvalue weighted by Crippen LogP contribution is -2.62. The first-order valence-electron chi connectivity index (χ1n) is 14.6. The molecule has 5 rings (SSSR count). The lowest BCUT2D eigenvalue weighted by Gasteiger charge is -2.63. The summed E-state index contributed by atoms with van der Waals surface area (Å²) in [5, 5.41) is 45.6. The molecule has 0 saturated heterocycles. The van der Waals surface area contributed by atoms with Crippen molar-refractivity contribution in [2.45, 2.75) is 96.9 Å². The van der Waals surface area contributed by atoms with Gasteiger partial charge < -0.3 is 25.7 Å². The second-order valence-corrected chi connectivity index (χ2v) is 13.4. The van der Waals surface area contributed by atoms with Gasteiger partial charge in [-0.25, -0.2) is 4.79 Å². The van der Waals surface area contributed by atoms with Crippen LogP contribution in [0.5, 0.6) is 0 Å². The molecule has 210 valence electrons. The molecule has 1 aromatic rings. The standard InChI is InChI=1S/C31H45NO6/c1-17(8-11-27(36)32-24-7-5-4-6-20(24)29(37)38)21-9-10-22-28-23(16-26(35)31(21,22)3)30(2)13-12-19(33)14-18(30)15-25(28)34/h4-7,17-19,21-23,25-26,28,33-35H,8-16H2,1-3H3,(H,32,36)(H,37,38)/t17?,18?,19-,21-,22?,23?,25-,26+,28?,30+,31-/m1/s1. The minimum atomic E-state index is -1.07. The Labute approximate surface area is 226 Å². The molecular weight excluding hydrogens is 482 g/mol. The van der Waals surface area contributed by atoms with Crippen LogP contribution >= 0.6 is 0 Å². The number of aliphatic hydroxyl groups excluding tert-OH is 3. The molecule has 0 radical (unpaired) electrons. The van der Waals surface area contributed by atoms with Crippen LogP contribution in [-0.4, -0.2) is 50.6 Å². The molecule has 0 aliphatic heterocycles. The molecule has 4 aliphatic rings. The van der Waals surface area contributed by atoms with Gasteiger partial charge in [0.1, 0.15) is 0 Å². The van der Waals surface area contributed by atoms with E-state index in [-0.39, 0.29) is 58.0 Å². The number of aromatic carboxylic acids is 1. The first-order chi connectivity index (χ1) is 18.0. The summed E-state index contributed by atoms with van der Waals surface area (Å²) >= 11 is 0. The molecule has 0 spiro atoms. The number of aliphatic hydroxyl groups is 3. The van der Waals surface area contributed by atoms with Crippen LogP contribution in [0.1, 0.15) is 88.9 Å². The van der Waals surface area contributed by atoms with E-state index in [1.807, 2.05) is 0 Å². The number of fused-ring (bicyclic) bond motifs is 5.